The standard InChI is InChI=1S/C18H28F3N3O3S.HI/c1-17(2,9-10-28(4,25)26)12-24-16(22-3)23-11-14-5-7-15(8-6-14)27-13-18(19,20)21;/h5-8H,9-13H2,1-4H3,(H2,22,23,24);1H. The largest absolute Gasteiger partial charge is 0.484 e. The van der Waals surface area contributed by atoms with Crippen molar-refractivity contribution in [3.05, 3.63) is 29.8 Å². The Morgan fingerprint density at radius 1 is 1.14 bits per heavy atom. The Kier molecular flexibility index (Phi) is 11.3. The number of rotatable bonds is 9. The van der Waals surface area contributed by atoms with Crippen molar-refractivity contribution in [1.29, 1.82) is 0 Å². The number of hydrogen-bond acceptors (Lipinski definition) is 4. The van der Waals surface area contributed by atoms with Crippen LogP contribution in [0, 0.1) is 5.41 Å². The van der Waals surface area contributed by atoms with Gasteiger partial charge in [-0.05, 0) is 29.5 Å². The molecule has 0 saturated heterocycles. The van der Waals surface area contributed by atoms with E-state index in [4.69, 9.17) is 0 Å². The number of guanidine groups is 1. The minimum absolute atomic E-state index is 0. The third-order valence-corrected chi connectivity index (χ3v) is 4.84. The minimum atomic E-state index is -4.37. The maximum Gasteiger partial charge on any atom is 0.422 e. The fraction of sp³-hybridized carbons (Fsp3) is 0.611. The van der Waals surface area contributed by atoms with Crippen LogP contribution in [0.25, 0.3) is 0 Å². The molecule has 0 heterocycles. The van der Waals surface area contributed by atoms with E-state index >= 15 is 0 Å². The predicted molar refractivity (Wildman–Crippen MR) is 120 cm³/mol. The molecule has 0 aromatic heterocycles. The van der Waals surface area contributed by atoms with Crippen LogP contribution in [0.15, 0.2) is 29.3 Å². The van der Waals surface area contributed by atoms with Crippen molar-refractivity contribution in [3.8, 4) is 5.75 Å². The van der Waals surface area contributed by atoms with Crippen molar-refractivity contribution in [2.24, 2.45) is 10.4 Å². The highest BCUT2D eigenvalue weighted by Gasteiger charge is 2.28. The second-order valence-electron chi connectivity index (χ2n) is 7.37. The lowest BCUT2D eigenvalue weighted by molar-refractivity contribution is -0.153. The predicted octanol–water partition coefficient (Wildman–Crippen LogP) is 3.37. The van der Waals surface area contributed by atoms with E-state index in [1.54, 1.807) is 19.2 Å². The minimum Gasteiger partial charge on any atom is -0.484 e. The lowest BCUT2D eigenvalue weighted by Crippen LogP contribution is -2.42. The van der Waals surface area contributed by atoms with Crippen molar-refractivity contribution < 1.29 is 26.3 Å². The molecule has 0 saturated carbocycles. The van der Waals surface area contributed by atoms with E-state index in [-0.39, 0.29) is 40.9 Å². The number of alkyl halides is 3. The fourth-order valence-corrected chi connectivity index (χ4v) is 3.07. The number of hydrogen-bond donors (Lipinski definition) is 2. The van der Waals surface area contributed by atoms with Crippen LogP contribution in [-0.4, -0.2) is 52.8 Å². The van der Waals surface area contributed by atoms with Crippen LogP contribution in [0.1, 0.15) is 25.8 Å². The first-order valence-corrected chi connectivity index (χ1v) is 10.8. The molecule has 0 fully saturated rings. The summed E-state index contributed by atoms with van der Waals surface area (Å²) < 4.78 is 63.8. The van der Waals surface area contributed by atoms with Gasteiger partial charge in [0.15, 0.2) is 12.6 Å². The van der Waals surface area contributed by atoms with Crippen molar-refractivity contribution >= 4 is 39.8 Å². The van der Waals surface area contributed by atoms with Gasteiger partial charge in [-0.15, -0.1) is 24.0 Å². The molecule has 0 aliphatic carbocycles. The summed E-state index contributed by atoms with van der Waals surface area (Å²) >= 11 is 0. The third-order valence-electron chi connectivity index (χ3n) is 3.89. The fourth-order valence-electron chi connectivity index (χ4n) is 2.15. The number of benzene rings is 1. The van der Waals surface area contributed by atoms with E-state index in [9.17, 15) is 21.6 Å². The smallest absolute Gasteiger partial charge is 0.422 e. The zero-order valence-electron chi connectivity index (χ0n) is 17.0. The van der Waals surface area contributed by atoms with Crippen LogP contribution in [-0.2, 0) is 16.4 Å². The second kappa shape index (κ2) is 11.8. The summed E-state index contributed by atoms with van der Waals surface area (Å²) in [6.45, 7) is 3.57. The Morgan fingerprint density at radius 2 is 1.72 bits per heavy atom. The highest BCUT2D eigenvalue weighted by Crippen LogP contribution is 2.20. The van der Waals surface area contributed by atoms with E-state index in [1.807, 2.05) is 13.8 Å². The van der Waals surface area contributed by atoms with E-state index < -0.39 is 22.6 Å². The number of nitrogens with zero attached hydrogens (tertiary/aromatic N) is 1. The average molecular weight is 551 g/mol. The lowest BCUT2D eigenvalue weighted by Gasteiger charge is -2.25. The summed E-state index contributed by atoms with van der Waals surface area (Å²) in [7, 11) is -1.39. The van der Waals surface area contributed by atoms with Crippen molar-refractivity contribution in [3.63, 3.8) is 0 Å². The Hall–Kier alpha value is -1.24. The second-order valence-corrected chi connectivity index (χ2v) is 9.63. The maximum absolute atomic E-state index is 12.1. The Morgan fingerprint density at radius 3 is 2.21 bits per heavy atom. The monoisotopic (exact) mass is 551 g/mol. The van der Waals surface area contributed by atoms with Crippen LogP contribution >= 0.6 is 24.0 Å². The van der Waals surface area contributed by atoms with Gasteiger partial charge in [0.25, 0.3) is 0 Å². The van der Waals surface area contributed by atoms with Crippen LogP contribution in [0.3, 0.4) is 0 Å². The summed E-state index contributed by atoms with van der Waals surface area (Å²) in [5, 5.41) is 6.27. The van der Waals surface area contributed by atoms with Gasteiger partial charge in [-0.1, -0.05) is 26.0 Å². The molecule has 1 aromatic carbocycles. The molecule has 0 unspecified atom stereocenters. The average Bonchev–Trinajstić information content (AvgIpc) is 2.58. The van der Waals surface area contributed by atoms with Crippen LogP contribution in [0.5, 0.6) is 5.75 Å². The van der Waals surface area contributed by atoms with Gasteiger partial charge in [-0.2, -0.15) is 13.2 Å². The van der Waals surface area contributed by atoms with Gasteiger partial charge < -0.3 is 15.4 Å². The topological polar surface area (TPSA) is 79.8 Å². The molecule has 1 aromatic rings. The molecule has 168 valence electrons. The van der Waals surface area contributed by atoms with Crippen LogP contribution in [0.4, 0.5) is 13.2 Å². The molecule has 0 spiro atoms. The molecule has 6 nitrogen and oxygen atoms in total. The number of nitrogens with one attached hydrogen (secondary N) is 2. The molecule has 0 aliphatic rings. The quantitative estimate of drug-likeness (QED) is 0.280. The van der Waals surface area contributed by atoms with Gasteiger partial charge in [0.05, 0.1) is 5.75 Å². The van der Waals surface area contributed by atoms with Gasteiger partial charge in [-0.25, -0.2) is 8.42 Å². The van der Waals surface area contributed by atoms with Crippen LogP contribution in [0.2, 0.25) is 0 Å². The first-order chi connectivity index (χ1) is 12.8. The molecule has 11 heteroatoms. The summed E-state index contributed by atoms with van der Waals surface area (Å²) in [6.07, 6.45) is -2.63. The van der Waals surface area contributed by atoms with Crippen molar-refractivity contribution in [1.82, 2.24) is 10.6 Å². The number of halogens is 4. The van der Waals surface area contributed by atoms with Crippen LogP contribution < -0.4 is 15.4 Å². The molecule has 1 rings (SSSR count). The molecule has 0 aliphatic heterocycles. The molecule has 0 atom stereocenters. The summed E-state index contributed by atoms with van der Waals surface area (Å²) in [5.74, 6) is 0.817. The molecule has 29 heavy (non-hydrogen) atoms. The van der Waals surface area contributed by atoms with Gasteiger partial charge in [0.2, 0.25) is 0 Å². The van der Waals surface area contributed by atoms with Gasteiger partial charge in [-0.3, -0.25) is 4.99 Å². The van der Waals surface area contributed by atoms with E-state index in [1.165, 1.54) is 18.4 Å². The summed E-state index contributed by atoms with van der Waals surface area (Å²) in [5.41, 5.74) is 0.608. The summed E-state index contributed by atoms with van der Waals surface area (Å²) in [6, 6.07) is 6.30. The molecule has 0 radical (unpaired) electrons. The van der Waals surface area contributed by atoms with Gasteiger partial charge in [0.1, 0.15) is 15.6 Å². The molecular formula is C18H29F3IN3O3S. The number of ether oxygens (including phenoxy) is 1. The SMILES string of the molecule is CN=C(NCc1ccc(OCC(F)(F)F)cc1)NCC(C)(C)CCS(C)(=O)=O.I. The Balaban J connectivity index is 0.00000784. The molecule has 2 N–H and O–H groups in total. The normalized spacial score (nSPS) is 12.9. The highest BCUT2D eigenvalue weighted by molar-refractivity contribution is 14.0. The van der Waals surface area contributed by atoms with E-state index in [2.05, 4.69) is 20.4 Å². The lowest BCUT2D eigenvalue weighted by atomic mass is 9.90. The summed E-state index contributed by atoms with van der Waals surface area (Å²) in [4.78, 5) is 4.12. The molecular weight excluding hydrogens is 522 g/mol. The molecule has 0 amide bonds. The zero-order chi connectivity index (χ0) is 21.4. The third kappa shape index (κ3) is 13.6. The van der Waals surface area contributed by atoms with E-state index in [0.29, 0.717) is 25.5 Å². The van der Waals surface area contributed by atoms with Gasteiger partial charge >= 0.3 is 6.18 Å². The van der Waals surface area contributed by atoms with Crippen molar-refractivity contribution in [2.75, 3.05) is 32.2 Å². The van der Waals surface area contributed by atoms with Gasteiger partial charge in [0, 0.05) is 26.4 Å². The first-order valence-electron chi connectivity index (χ1n) is 8.70. The zero-order valence-corrected chi connectivity index (χ0v) is 20.1. The maximum atomic E-state index is 12.1. The van der Waals surface area contributed by atoms with Crippen molar-refractivity contribution in [2.45, 2.75) is 33.0 Å². The number of aliphatic imine (C=N–C) groups is 1. The first kappa shape index (κ1) is 27.8. The Bertz CT molecular complexity index is 752. The highest BCUT2D eigenvalue weighted by atomic mass is 127. The number of sulfone groups is 1. The Labute approximate surface area is 187 Å². The van der Waals surface area contributed by atoms with E-state index in [0.717, 1.165) is 5.56 Å². The molecule has 0 bridgehead atoms.